The largest absolute Gasteiger partial charge is 0.253 e. The van der Waals surface area contributed by atoms with E-state index < -0.39 is 0 Å². The zero-order valence-corrected chi connectivity index (χ0v) is 9.50. The van der Waals surface area contributed by atoms with Gasteiger partial charge in [-0.15, -0.1) is 0 Å². The highest BCUT2D eigenvalue weighted by Gasteiger charge is 2.32. The first kappa shape index (κ1) is 8.86. The number of fused-ring (bicyclic) bond motifs is 2. The number of hydrogen-bond donors (Lipinski definition) is 0. The molecule has 81 valence electrons. The van der Waals surface area contributed by atoms with E-state index in [9.17, 15) is 0 Å². The molecule has 0 N–H and O–H groups in total. The quantitative estimate of drug-likeness (QED) is 0.662. The van der Waals surface area contributed by atoms with Crippen LogP contribution in [0.15, 0.2) is 23.9 Å². The van der Waals surface area contributed by atoms with Crippen LogP contribution in [-0.2, 0) is 0 Å². The minimum absolute atomic E-state index is 0.831. The van der Waals surface area contributed by atoms with Crippen molar-refractivity contribution in [2.24, 2.45) is 0 Å². The summed E-state index contributed by atoms with van der Waals surface area (Å²) < 4.78 is 0. The molecular weight excluding hydrogens is 194 g/mol. The van der Waals surface area contributed by atoms with Crippen molar-refractivity contribution in [3.8, 4) is 0 Å². The molecule has 0 unspecified atom stereocenters. The zero-order chi connectivity index (χ0) is 10.5. The Labute approximate surface area is 96.6 Å². The fourth-order valence-electron chi connectivity index (χ4n) is 3.30. The van der Waals surface area contributed by atoms with E-state index in [0.717, 1.165) is 5.92 Å². The minimum atomic E-state index is 0.831. The molecule has 0 spiro atoms. The normalized spacial score (nSPS) is 22.8. The minimum Gasteiger partial charge on any atom is -0.253 e. The van der Waals surface area contributed by atoms with E-state index in [1.807, 2.05) is 0 Å². The standard InChI is InChI=1S/C15H16N/c1-4-10(5-1)11-6-2-9-14-15(11)12-7-3-8-13(12)16-14/h2,6,9-10H,1,3-5,7-8H2. The lowest BCUT2D eigenvalue weighted by molar-refractivity contribution is 0.419. The van der Waals surface area contributed by atoms with Gasteiger partial charge in [-0.2, -0.15) is 0 Å². The van der Waals surface area contributed by atoms with Gasteiger partial charge in [0.25, 0.3) is 0 Å². The Kier molecular flexibility index (Phi) is 1.73. The van der Waals surface area contributed by atoms with Gasteiger partial charge in [0, 0.05) is 11.3 Å². The number of benzene rings is 1. The van der Waals surface area contributed by atoms with Crippen LogP contribution in [0, 0.1) is 0 Å². The molecule has 1 heterocycles. The highest BCUT2D eigenvalue weighted by Crippen LogP contribution is 2.49. The number of nitrogens with zero attached hydrogens (tertiary/aromatic N) is 1. The first-order valence-corrected chi connectivity index (χ1v) is 6.50. The molecule has 1 aromatic rings. The van der Waals surface area contributed by atoms with Crippen LogP contribution in [0.4, 0.5) is 5.69 Å². The number of allylic oxidation sites excluding steroid dienone is 2. The average Bonchev–Trinajstić information content (AvgIpc) is 2.73. The van der Waals surface area contributed by atoms with E-state index in [-0.39, 0.29) is 0 Å². The second-order valence-electron chi connectivity index (χ2n) is 5.26. The maximum atomic E-state index is 4.79. The van der Waals surface area contributed by atoms with E-state index in [1.54, 1.807) is 11.1 Å². The van der Waals surface area contributed by atoms with Gasteiger partial charge in [0.05, 0.1) is 5.69 Å². The summed E-state index contributed by atoms with van der Waals surface area (Å²) >= 11 is 0. The van der Waals surface area contributed by atoms with Crippen molar-refractivity contribution in [2.75, 3.05) is 0 Å². The summed E-state index contributed by atoms with van der Waals surface area (Å²) in [6, 6.07) is 6.72. The Hall–Kier alpha value is -1.24. The molecule has 3 aliphatic rings. The predicted molar refractivity (Wildman–Crippen MR) is 65.6 cm³/mol. The fraction of sp³-hybridized carbons (Fsp3) is 0.467. The van der Waals surface area contributed by atoms with Crippen molar-refractivity contribution in [1.82, 2.24) is 5.32 Å². The van der Waals surface area contributed by atoms with Crippen LogP contribution >= 0.6 is 0 Å². The van der Waals surface area contributed by atoms with Crippen LogP contribution in [0.3, 0.4) is 0 Å². The molecular formula is C15H16N. The molecule has 0 bridgehead atoms. The molecule has 1 radical (unpaired) electrons. The monoisotopic (exact) mass is 210 g/mol. The van der Waals surface area contributed by atoms with Gasteiger partial charge in [-0.1, -0.05) is 18.6 Å². The van der Waals surface area contributed by atoms with Crippen LogP contribution in [0.5, 0.6) is 0 Å². The van der Waals surface area contributed by atoms with Crippen LogP contribution in [-0.4, -0.2) is 0 Å². The van der Waals surface area contributed by atoms with Gasteiger partial charge < -0.3 is 0 Å². The van der Waals surface area contributed by atoms with Gasteiger partial charge in [-0.05, 0) is 55.2 Å². The summed E-state index contributed by atoms with van der Waals surface area (Å²) in [6.07, 6.45) is 7.96. The Bertz CT molecular complexity index is 480. The molecule has 0 saturated heterocycles. The SMILES string of the molecule is c1cc2c(c(C3CCC3)c1)C1=C(CCC1)[N]2. The van der Waals surface area contributed by atoms with Crippen molar-refractivity contribution < 1.29 is 0 Å². The highest BCUT2D eigenvalue weighted by molar-refractivity contribution is 5.85. The molecule has 1 nitrogen and oxygen atoms in total. The second-order valence-corrected chi connectivity index (χ2v) is 5.26. The van der Waals surface area contributed by atoms with E-state index in [1.165, 1.54) is 55.5 Å². The summed E-state index contributed by atoms with van der Waals surface area (Å²) in [5.74, 6) is 0.831. The van der Waals surface area contributed by atoms with E-state index in [0.29, 0.717) is 0 Å². The van der Waals surface area contributed by atoms with E-state index in [4.69, 9.17) is 5.32 Å². The Morgan fingerprint density at radius 3 is 2.81 bits per heavy atom. The smallest absolute Gasteiger partial charge is 0.0711 e. The summed E-state index contributed by atoms with van der Waals surface area (Å²) in [6.45, 7) is 0. The Morgan fingerprint density at radius 1 is 1.06 bits per heavy atom. The molecule has 1 aromatic carbocycles. The van der Waals surface area contributed by atoms with E-state index >= 15 is 0 Å². The number of rotatable bonds is 1. The van der Waals surface area contributed by atoms with E-state index in [2.05, 4.69) is 18.2 Å². The first-order valence-electron chi connectivity index (χ1n) is 6.50. The number of hydrogen-bond acceptors (Lipinski definition) is 0. The third-order valence-corrected chi connectivity index (χ3v) is 4.37. The van der Waals surface area contributed by atoms with Crippen LogP contribution < -0.4 is 5.32 Å². The van der Waals surface area contributed by atoms with Crippen molar-refractivity contribution in [1.29, 1.82) is 0 Å². The first-order chi connectivity index (χ1) is 7.93. The van der Waals surface area contributed by atoms with Crippen molar-refractivity contribution in [2.45, 2.75) is 44.4 Å². The maximum absolute atomic E-state index is 4.79. The summed E-state index contributed by atoms with van der Waals surface area (Å²) in [5, 5.41) is 4.79. The lowest BCUT2D eigenvalue weighted by Crippen LogP contribution is -2.10. The highest BCUT2D eigenvalue weighted by atomic mass is 14.9. The topological polar surface area (TPSA) is 14.1 Å². The Balaban J connectivity index is 1.87. The van der Waals surface area contributed by atoms with Crippen LogP contribution in [0.2, 0.25) is 0 Å². The van der Waals surface area contributed by atoms with Gasteiger partial charge in [0.1, 0.15) is 0 Å². The van der Waals surface area contributed by atoms with Crippen molar-refractivity contribution >= 4 is 11.3 Å². The molecule has 2 aliphatic carbocycles. The zero-order valence-electron chi connectivity index (χ0n) is 9.50. The molecule has 1 heteroatoms. The molecule has 1 saturated carbocycles. The van der Waals surface area contributed by atoms with Crippen LogP contribution in [0.1, 0.15) is 55.6 Å². The molecule has 16 heavy (non-hydrogen) atoms. The van der Waals surface area contributed by atoms with Gasteiger partial charge in [0.15, 0.2) is 0 Å². The van der Waals surface area contributed by atoms with Crippen molar-refractivity contribution in [3.05, 3.63) is 35.0 Å². The molecule has 0 amide bonds. The predicted octanol–water partition coefficient (Wildman–Crippen LogP) is 4.10. The third kappa shape index (κ3) is 1.06. The second kappa shape index (κ2) is 3.13. The lowest BCUT2D eigenvalue weighted by atomic mass is 9.77. The summed E-state index contributed by atoms with van der Waals surface area (Å²) in [7, 11) is 0. The van der Waals surface area contributed by atoms with Gasteiger partial charge in [0.2, 0.25) is 0 Å². The molecule has 4 rings (SSSR count). The maximum Gasteiger partial charge on any atom is 0.0711 e. The van der Waals surface area contributed by atoms with Gasteiger partial charge in [-0.3, -0.25) is 5.32 Å². The average molecular weight is 210 g/mol. The van der Waals surface area contributed by atoms with Gasteiger partial charge >= 0.3 is 0 Å². The molecule has 1 aliphatic heterocycles. The Morgan fingerprint density at radius 2 is 2.00 bits per heavy atom. The summed E-state index contributed by atoms with van der Waals surface area (Å²) in [5.41, 5.74) is 7.35. The third-order valence-electron chi connectivity index (χ3n) is 4.37. The van der Waals surface area contributed by atoms with Crippen molar-refractivity contribution in [3.63, 3.8) is 0 Å². The van der Waals surface area contributed by atoms with Crippen LogP contribution in [0.25, 0.3) is 5.57 Å². The lowest BCUT2D eigenvalue weighted by Gasteiger charge is -2.28. The fourth-order valence-corrected chi connectivity index (χ4v) is 3.30. The molecule has 0 atom stereocenters. The molecule has 0 aromatic heterocycles. The summed E-state index contributed by atoms with van der Waals surface area (Å²) in [4.78, 5) is 0. The molecule has 1 fully saturated rings. The van der Waals surface area contributed by atoms with Gasteiger partial charge in [-0.25, -0.2) is 0 Å².